The number of fused-ring (bicyclic) bond motifs is 1. The lowest BCUT2D eigenvalue weighted by molar-refractivity contribution is -0.136. The van der Waals surface area contributed by atoms with E-state index in [1.807, 2.05) is 4.90 Å². The van der Waals surface area contributed by atoms with Gasteiger partial charge in [0.2, 0.25) is 5.91 Å². The minimum Gasteiger partial charge on any atom is -0.290 e. The monoisotopic (exact) mass is 367 g/mol. The van der Waals surface area contributed by atoms with Gasteiger partial charge in [-0.2, -0.15) is 0 Å². The van der Waals surface area contributed by atoms with Gasteiger partial charge in [-0.15, -0.1) is 0 Å². The second-order valence-electron chi connectivity index (χ2n) is 8.79. The second-order valence-corrected chi connectivity index (χ2v) is 8.79. The summed E-state index contributed by atoms with van der Waals surface area (Å²) in [5.41, 5.74) is 1.37. The third-order valence-electron chi connectivity index (χ3n) is 6.09. The van der Waals surface area contributed by atoms with Crippen molar-refractivity contribution in [1.82, 2.24) is 9.80 Å². The van der Waals surface area contributed by atoms with Crippen molar-refractivity contribution in [3.8, 4) is 0 Å². The first-order valence-corrected chi connectivity index (χ1v) is 10.5. The van der Waals surface area contributed by atoms with Gasteiger partial charge in [0.15, 0.2) is 0 Å². The normalized spacial score (nSPS) is 27.3. The largest absolute Gasteiger partial charge is 0.300 e. The van der Waals surface area contributed by atoms with E-state index in [0.29, 0.717) is 17.9 Å². The zero-order valence-corrected chi connectivity index (χ0v) is 17.0. The highest BCUT2D eigenvalue weighted by Gasteiger charge is 2.45. The van der Waals surface area contributed by atoms with Crippen LogP contribution in [-0.2, 0) is 11.2 Å². The van der Waals surface area contributed by atoms with Gasteiger partial charge in [0, 0.05) is 25.6 Å². The number of nitrogens with zero attached hydrogens (tertiary/aromatic N) is 3. The van der Waals surface area contributed by atoms with Crippen LogP contribution in [-0.4, -0.2) is 47.0 Å². The molecule has 2 aliphatic heterocycles. The summed E-state index contributed by atoms with van der Waals surface area (Å²) in [6.07, 6.45) is 4.52. The van der Waals surface area contributed by atoms with Gasteiger partial charge >= 0.3 is 6.17 Å². The summed E-state index contributed by atoms with van der Waals surface area (Å²) in [5.74, 6) is 1.17. The highest BCUT2D eigenvalue weighted by molar-refractivity contribution is 5.83. The fourth-order valence-electron chi connectivity index (χ4n) is 4.74. The molecule has 3 rings (SSSR count). The summed E-state index contributed by atoms with van der Waals surface area (Å²) in [6, 6.07) is 11.0. The van der Waals surface area contributed by atoms with Crippen molar-refractivity contribution < 1.29 is 4.79 Å². The van der Waals surface area contributed by atoms with Crippen molar-refractivity contribution in [3.63, 3.8) is 0 Å². The van der Waals surface area contributed by atoms with Crippen molar-refractivity contribution >= 4 is 5.91 Å². The van der Waals surface area contributed by atoms with Gasteiger partial charge < -0.3 is 0 Å². The minimum atomic E-state index is -0.303. The molecular formula is C23H33N3O. The predicted octanol–water partition coefficient (Wildman–Crippen LogP) is 4.22. The molecule has 4 heteroatoms. The van der Waals surface area contributed by atoms with E-state index in [-0.39, 0.29) is 18.1 Å². The second kappa shape index (κ2) is 8.89. The van der Waals surface area contributed by atoms with E-state index in [2.05, 4.69) is 60.8 Å². The van der Waals surface area contributed by atoms with Crippen molar-refractivity contribution in [1.29, 1.82) is 0 Å². The topological polar surface area (TPSA) is 27.9 Å². The molecule has 0 bridgehead atoms. The Kier molecular flexibility index (Phi) is 6.55. The SMILES string of the molecule is [C-]#[N+][C@@H](CC(C)C)N1CCC(CCc2ccccc2)N2C[C@H](C)C[C@H]2C1=O. The van der Waals surface area contributed by atoms with Crippen LogP contribution in [0.1, 0.15) is 52.0 Å². The maximum Gasteiger partial charge on any atom is 0.300 e. The van der Waals surface area contributed by atoms with E-state index in [4.69, 9.17) is 6.57 Å². The zero-order chi connectivity index (χ0) is 19.4. The van der Waals surface area contributed by atoms with Crippen LogP contribution in [0.15, 0.2) is 30.3 Å². The van der Waals surface area contributed by atoms with E-state index in [1.54, 1.807) is 0 Å². The molecule has 0 aliphatic carbocycles. The number of hydrogen-bond acceptors (Lipinski definition) is 2. The molecule has 146 valence electrons. The van der Waals surface area contributed by atoms with E-state index >= 15 is 0 Å². The van der Waals surface area contributed by atoms with Gasteiger partial charge in [-0.3, -0.25) is 19.4 Å². The van der Waals surface area contributed by atoms with Gasteiger partial charge in [0.25, 0.3) is 0 Å². The fraction of sp³-hybridized carbons (Fsp3) is 0.652. The van der Waals surface area contributed by atoms with Crippen LogP contribution in [0.3, 0.4) is 0 Å². The standard InChI is InChI=1S/C23H33N3O/c1-17(2)14-22(24-4)25-13-12-20(11-10-19-8-6-5-7-9-19)26-16-18(3)15-21(26)23(25)27/h5-9,17-18,20-22H,10-16H2,1-3H3/t18-,20?,21+,22-/m1/s1. The summed E-state index contributed by atoms with van der Waals surface area (Å²) >= 11 is 0. The molecule has 4 atom stereocenters. The van der Waals surface area contributed by atoms with Crippen LogP contribution < -0.4 is 0 Å². The molecule has 2 saturated heterocycles. The molecule has 4 nitrogen and oxygen atoms in total. The molecule has 1 unspecified atom stereocenters. The third kappa shape index (κ3) is 4.71. The number of rotatable bonds is 6. The number of carbonyl (C=O) groups excluding carboxylic acids is 1. The average molecular weight is 368 g/mol. The average Bonchev–Trinajstić information content (AvgIpc) is 2.99. The quantitative estimate of drug-likeness (QED) is 0.704. The minimum absolute atomic E-state index is 0.0281. The summed E-state index contributed by atoms with van der Waals surface area (Å²) in [5, 5.41) is 0. The van der Waals surface area contributed by atoms with Gasteiger partial charge in [-0.1, -0.05) is 51.1 Å². The van der Waals surface area contributed by atoms with Crippen molar-refractivity contribution in [2.45, 2.75) is 71.1 Å². The van der Waals surface area contributed by atoms with Crippen LogP contribution in [0, 0.1) is 18.4 Å². The predicted molar refractivity (Wildman–Crippen MR) is 109 cm³/mol. The van der Waals surface area contributed by atoms with Crippen LogP contribution in [0.25, 0.3) is 4.85 Å². The van der Waals surface area contributed by atoms with Gasteiger partial charge in [0.05, 0.1) is 6.04 Å². The van der Waals surface area contributed by atoms with E-state index in [9.17, 15) is 4.79 Å². The lowest BCUT2D eigenvalue weighted by atomic mass is 10.0. The van der Waals surface area contributed by atoms with Crippen molar-refractivity contribution in [2.24, 2.45) is 11.8 Å². The molecule has 0 spiro atoms. The smallest absolute Gasteiger partial charge is 0.290 e. The Morgan fingerprint density at radius 1 is 1.26 bits per heavy atom. The fourth-order valence-corrected chi connectivity index (χ4v) is 4.74. The molecule has 2 fully saturated rings. The third-order valence-corrected chi connectivity index (χ3v) is 6.09. The first-order chi connectivity index (χ1) is 13.0. The van der Waals surface area contributed by atoms with Crippen LogP contribution in [0.4, 0.5) is 0 Å². The molecule has 2 aliphatic rings. The zero-order valence-electron chi connectivity index (χ0n) is 17.0. The summed E-state index contributed by atoms with van der Waals surface area (Å²) in [6.45, 7) is 15.9. The van der Waals surface area contributed by atoms with E-state index in [1.165, 1.54) is 5.56 Å². The maximum atomic E-state index is 13.3. The van der Waals surface area contributed by atoms with Crippen molar-refractivity contribution in [3.05, 3.63) is 47.3 Å². The maximum absolute atomic E-state index is 13.3. The lowest BCUT2D eigenvalue weighted by Gasteiger charge is -2.30. The Balaban J connectivity index is 1.75. The Hall–Kier alpha value is -1.86. The Morgan fingerprint density at radius 3 is 2.67 bits per heavy atom. The summed E-state index contributed by atoms with van der Waals surface area (Å²) < 4.78 is 0. The Labute approximate surface area is 164 Å². The van der Waals surface area contributed by atoms with Crippen LogP contribution in [0.5, 0.6) is 0 Å². The van der Waals surface area contributed by atoms with E-state index < -0.39 is 0 Å². The molecule has 1 amide bonds. The van der Waals surface area contributed by atoms with Gasteiger partial charge in [-0.25, -0.2) is 6.57 Å². The molecule has 0 N–H and O–H groups in total. The number of benzene rings is 1. The molecule has 0 aromatic heterocycles. The molecule has 27 heavy (non-hydrogen) atoms. The Morgan fingerprint density at radius 2 is 2.00 bits per heavy atom. The first kappa shape index (κ1) is 19.9. The number of amides is 1. The van der Waals surface area contributed by atoms with Gasteiger partial charge in [-0.05, 0) is 43.1 Å². The van der Waals surface area contributed by atoms with Crippen LogP contribution >= 0.6 is 0 Å². The molecule has 1 aromatic rings. The Bertz CT molecular complexity index is 666. The lowest BCUT2D eigenvalue weighted by Crippen LogP contribution is -2.47. The van der Waals surface area contributed by atoms with E-state index in [0.717, 1.165) is 45.2 Å². The summed E-state index contributed by atoms with van der Waals surface area (Å²) in [4.78, 5) is 21.5. The number of carbonyl (C=O) groups is 1. The van der Waals surface area contributed by atoms with Crippen LogP contribution in [0.2, 0.25) is 0 Å². The molecule has 0 radical (unpaired) electrons. The number of hydrogen-bond donors (Lipinski definition) is 0. The van der Waals surface area contributed by atoms with Gasteiger partial charge in [0.1, 0.15) is 0 Å². The first-order valence-electron chi connectivity index (χ1n) is 10.5. The molecular weight excluding hydrogens is 334 g/mol. The number of aryl methyl sites for hydroxylation is 1. The highest BCUT2D eigenvalue weighted by Crippen LogP contribution is 2.33. The van der Waals surface area contributed by atoms with Crippen molar-refractivity contribution in [2.75, 3.05) is 13.1 Å². The summed E-state index contributed by atoms with van der Waals surface area (Å²) in [7, 11) is 0. The molecule has 0 saturated carbocycles. The molecule has 2 heterocycles. The molecule has 1 aromatic carbocycles. The highest BCUT2D eigenvalue weighted by atomic mass is 16.2.